The zero-order valence-electron chi connectivity index (χ0n) is 25.2. The number of hydrogen-bond acceptors (Lipinski definition) is 8. The quantitative estimate of drug-likeness (QED) is 0.275. The van der Waals surface area contributed by atoms with E-state index in [4.69, 9.17) is 9.47 Å². The van der Waals surface area contributed by atoms with Gasteiger partial charge in [0.2, 0.25) is 5.88 Å². The maximum absolute atomic E-state index is 14.1. The zero-order chi connectivity index (χ0) is 32.3. The lowest BCUT2D eigenvalue weighted by atomic mass is 9.88. The molecule has 4 aromatic rings. The van der Waals surface area contributed by atoms with Crippen LogP contribution < -0.4 is 15.0 Å². The zero-order valence-corrected chi connectivity index (χ0v) is 25.2. The summed E-state index contributed by atoms with van der Waals surface area (Å²) in [6, 6.07) is 11.0. The predicted octanol–water partition coefficient (Wildman–Crippen LogP) is 5.07. The Morgan fingerprint density at radius 3 is 2.61 bits per heavy atom. The molecule has 6 rings (SSSR count). The number of aromatic nitrogens is 4. The molecule has 5 heterocycles. The summed E-state index contributed by atoms with van der Waals surface area (Å²) < 4.78 is 53.5. The fourth-order valence-corrected chi connectivity index (χ4v) is 5.95. The van der Waals surface area contributed by atoms with Gasteiger partial charge in [0.1, 0.15) is 12.1 Å². The van der Waals surface area contributed by atoms with Gasteiger partial charge in [-0.25, -0.2) is 4.98 Å². The third-order valence-electron chi connectivity index (χ3n) is 8.46. The molecule has 0 bridgehead atoms. The van der Waals surface area contributed by atoms with Gasteiger partial charge in [0, 0.05) is 43.3 Å². The maximum atomic E-state index is 14.1. The van der Waals surface area contributed by atoms with Crippen LogP contribution in [0.2, 0.25) is 0 Å². The molecule has 242 valence electrons. The molecule has 2 aliphatic heterocycles. The second kappa shape index (κ2) is 13.4. The Bertz CT molecular complexity index is 1680. The van der Waals surface area contributed by atoms with E-state index in [1.165, 1.54) is 6.07 Å². The van der Waals surface area contributed by atoms with Crippen molar-refractivity contribution in [2.75, 3.05) is 43.6 Å². The van der Waals surface area contributed by atoms with Gasteiger partial charge in [0.25, 0.3) is 5.91 Å². The number of rotatable bonds is 8. The van der Waals surface area contributed by atoms with Gasteiger partial charge in [-0.3, -0.25) is 19.7 Å². The largest absolute Gasteiger partial charge is 0.473 e. The smallest absolute Gasteiger partial charge is 0.471 e. The fraction of sp³-hybridized carbons (Fsp3) is 0.406. The first-order valence-electron chi connectivity index (χ1n) is 15.2. The summed E-state index contributed by atoms with van der Waals surface area (Å²) in [5, 5.41) is 9.70. The first-order chi connectivity index (χ1) is 22.2. The number of hydrogen-bond donors (Lipinski definition) is 2. The normalized spacial score (nSPS) is 16.8. The summed E-state index contributed by atoms with van der Waals surface area (Å²) >= 11 is 0. The number of pyridine rings is 2. The van der Waals surface area contributed by atoms with E-state index in [1.807, 2.05) is 13.1 Å². The van der Waals surface area contributed by atoms with Crippen molar-refractivity contribution in [2.24, 2.45) is 0 Å². The molecule has 14 heteroatoms. The van der Waals surface area contributed by atoms with Crippen molar-refractivity contribution in [1.29, 1.82) is 0 Å². The lowest BCUT2D eigenvalue weighted by Crippen LogP contribution is -2.50. The van der Waals surface area contributed by atoms with E-state index in [0.29, 0.717) is 11.0 Å². The molecule has 2 saturated heterocycles. The summed E-state index contributed by atoms with van der Waals surface area (Å²) in [6.07, 6.45) is 0.205. The van der Waals surface area contributed by atoms with Gasteiger partial charge in [-0.15, -0.1) is 0 Å². The molecule has 0 atom stereocenters. The van der Waals surface area contributed by atoms with Crippen LogP contribution in [0.4, 0.5) is 24.7 Å². The summed E-state index contributed by atoms with van der Waals surface area (Å²) in [5.74, 6) is -2.32. The van der Waals surface area contributed by atoms with Crippen molar-refractivity contribution in [3.63, 3.8) is 0 Å². The molecule has 0 saturated carbocycles. The second-order valence-corrected chi connectivity index (χ2v) is 11.6. The Kier molecular flexibility index (Phi) is 9.17. The molecule has 1 aromatic carbocycles. The maximum Gasteiger partial charge on any atom is 0.471 e. The second-order valence-electron chi connectivity index (χ2n) is 11.6. The number of piperidine rings is 1. The highest BCUT2D eigenvalue weighted by Crippen LogP contribution is 2.37. The van der Waals surface area contributed by atoms with Crippen LogP contribution in [-0.4, -0.2) is 82.4 Å². The van der Waals surface area contributed by atoms with Crippen molar-refractivity contribution in [3.8, 4) is 5.88 Å². The molecular formula is C32H34F3N7O4. The monoisotopic (exact) mass is 637 g/mol. The minimum absolute atomic E-state index is 0.0666. The Hall–Kier alpha value is -4.56. The van der Waals surface area contributed by atoms with Crippen LogP contribution in [0, 0.1) is 0 Å². The molecule has 3 aromatic heterocycles. The van der Waals surface area contributed by atoms with Crippen LogP contribution >= 0.6 is 0 Å². The van der Waals surface area contributed by atoms with E-state index in [0.717, 1.165) is 42.0 Å². The Morgan fingerprint density at radius 1 is 1.11 bits per heavy atom. The van der Waals surface area contributed by atoms with E-state index in [2.05, 4.69) is 30.4 Å². The molecule has 2 amide bonds. The summed E-state index contributed by atoms with van der Waals surface area (Å²) in [6.45, 7) is 2.30. The number of anilines is 2. The molecule has 0 radical (unpaired) electrons. The number of carbonyl (C=O) groups is 2. The van der Waals surface area contributed by atoms with Gasteiger partial charge in [-0.1, -0.05) is 12.1 Å². The standard InChI is InChI=1S/C32H34F3N7O4/c1-41-13-8-21(9-14-41)22-4-5-24(26(17-22)42(31(44)32(33,34)35)23-10-15-45-16-11-23)30(43)38-29-28-25(39-40-29)6-7-27(37-28)46-19-20-3-2-12-36-18-20/h2-7,12,17-18,21,23H,8-11,13-16,19H2,1H3,(H2,38,39,40,43). The Labute approximate surface area is 263 Å². The molecular weight excluding hydrogens is 603 g/mol. The number of alkyl halides is 3. The SMILES string of the molecule is CN1CCC(c2ccc(C(=O)Nc3n[nH]c4ccc(OCc5cccnc5)nc34)c(N(C(=O)C(F)(F)F)C3CCOCC3)c2)CC1. The lowest BCUT2D eigenvalue weighted by molar-refractivity contribution is -0.171. The van der Waals surface area contributed by atoms with Gasteiger partial charge >= 0.3 is 12.1 Å². The van der Waals surface area contributed by atoms with Crippen LogP contribution in [0.15, 0.2) is 54.9 Å². The minimum Gasteiger partial charge on any atom is -0.473 e. The highest BCUT2D eigenvalue weighted by atomic mass is 19.4. The summed E-state index contributed by atoms with van der Waals surface area (Å²) in [4.78, 5) is 38.4. The minimum atomic E-state index is -5.15. The summed E-state index contributed by atoms with van der Waals surface area (Å²) in [5.41, 5.74) is 2.27. The van der Waals surface area contributed by atoms with Crippen molar-refractivity contribution in [2.45, 2.75) is 50.4 Å². The third-order valence-corrected chi connectivity index (χ3v) is 8.46. The number of ether oxygens (including phenoxy) is 2. The number of likely N-dealkylation sites (tertiary alicyclic amines) is 1. The molecule has 0 unspecified atom stereocenters. The topological polar surface area (TPSA) is 126 Å². The van der Waals surface area contributed by atoms with E-state index in [-0.39, 0.29) is 61.5 Å². The number of benzene rings is 1. The van der Waals surface area contributed by atoms with Crippen LogP contribution in [-0.2, 0) is 16.1 Å². The molecule has 46 heavy (non-hydrogen) atoms. The molecule has 0 spiro atoms. The van der Waals surface area contributed by atoms with E-state index in [9.17, 15) is 22.8 Å². The van der Waals surface area contributed by atoms with Crippen molar-refractivity contribution in [1.82, 2.24) is 25.1 Å². The van der Waals surface area contributed by atoms with Crippen LogP contribution in [0.5, 0.6) is 5.88 Å². The highest BCUT2D eigenvalue weighted by molar-refractivity contribution is 6.13. The van der Waals surface area contributed by atoms with Gasteiger partial charge in [-0.05, 0) is 81.6 Å². The van der Waals surface area contributed by atoms with Crippen LogP contribution in [0.25, 0.3) is 11.0 Å². The van der Waals surface area contributed by atoms with Gasteiger partial charge in [0.05, 0.1) is 16.8 Å². The van der Waals surface area contributed by atoms with Crippen molar-refractivity contribution < 1.29 is 32.2 Å². The van der Waals surface area contributed by atoms with Gasteiger partial charge < -0.3 is 24.6 Å². The van der Waals surface area contributed by atoms with E-state index >= 15 is 0 Å². The highest BCUT2D eigenvalue weighted by Gasteiger charge is 2.46. The first-order valence-corrected chi connectivity index (χ1v) is 15.2. The van der Waals surface area contributed by atoms with Crippen molar-refractivity contribution >= 4 is 34.4 Å². The molecule has 0 aliphatic carbocycles. The first kappa shape index (κ1) is 31.4. The predicted molar refractivity (Wildman–Crippen MR) is 164 cm³/mol. The molecule has 2 N–H and O–H groups in total. The van der Waals surface area contributed by atoms with Gasteiger partial charge in [0.15, 0.2) is 5.82 Å². The number of amides is 2. The average molecular weight is 638 g/mol. The average Bonchev–Trinajstić information content (AvgIpc) is 3.46. The fourth-order valence-electron chi connectivity index (χ4n) is 5.95. The number of halogens is 3. The molecule has 2 fully saturated rings. The van der Waals surface area contributed by atoms with Gasteiger partial charge in [-0.2, -0.15) is 18.3 Å². The summed E-state index contributed by atoms with van der Waals surface area (Å²) in [7, 11) is 2.02. The lowest BCUT2D eigenvalue weighted by Gasteiger charge is -2.36. The van der Waals surface area contributed by atoms with E-state index in [1.54, 1.807) is 42.7 Å². The number of fused-ring (bicyclic) bond motifs is 1. The number of H-pyrrole nitrogens is 1. The van der Waals surface area contributed by atoms with Crippen molar-refractivity contribution in [3.05, 3.63) is 71.5 Å². The third kappa shape index (κ3) is 6.97. The number of carbonyl (C=O) groups excluding carboxylic acids is 2. The Morgan fingerprint density at radius 2 is 1.89 bits per heavy atom. The molecule has 11 nitrogen and oxygen atoms in total. The number of nitrogens with one attached hydrogen (secondary N) is 2. The van der Waals surface area contributed by atoms with Crippen LogP contribution in [0.1, 0.15) is 53.1 Å². The molecule has 2 aliphatic rings. The number of aromatic amines is 1. The van der Waals surface area contributed by atoms with Crippen LogP contribution in [0.3, 0.4) is 0 Å². The Balaban J connectivity index is 1.34. The number of nitrogens with zero attached hydrogens (tertiary/aromatic N) is 5. The van der Waals surface area contributed by atoms with E-state index < -0.39 is 24.0 Å².